The molecule has 0 aliphatic carbocycles. The number of rotatable bonds is 9. The van der Waals surface area contributed by atoms with Crippen LogP contribution in [0, 0.1) is 0 Å². The van der Waals surface area contributed by atoms with Gasteiger partial charge >= 0.3 is 5.97 Å². The highest BCUT2D eigenvalue weighted by Crippen LogP contribution is 2.30. The van der Waals surface area contributed by atoms with Crippen molar-refractivity contribution in [3.05, 3.63) is 60.2 Å². The zero-order chi connectivity index (χ0) is 18.2. The molecule has 2 rings (SSSR count). The van der Waals surface area contributed by atoms with Gasteiger partial charge in [-0.2, -0.15) is 0 Å². The van der Waals surface area contributed by atoms with E-state index in [-0.39, 0.29) is 13.0 Å². The molecule has 25 heavy (non-hydrogen) atoms. The topological polar surface area (TPSA) is 65.0 Å². The molecule has 2 aromatic carbocycles. The van der Waals surface area contributed by atoms with Crippen LogP contribution in [0.1, 0.15) is 24.0 Å². The van der Waals surface area contributed by atoms with Crippen LogP contribution in [0.25, 0.3) is 5.57 Å². The second-order valence-corrected chi connectivity index (χ2v) is 5.45. The minimum Gasteiger partial charge on any atom is -0.496 e. The first-order valence-corrected chi connectivity index (χ1v) is 7.87. The van der Waals surface area contributed by atoms with E-state index in [9.17, 15) is 4.79 Å². The first kappa shape index (κ1) is 18.4. The van der Waals surface area contributed by atoms with E-state index in [1.807, 2.05) is 42.5 Å². The van der Waals surface area contributed by atoms with E-state index in [0.29, 0.717) is 23.7 Å². The molecule has 2 aromatic rings. The summed E-state index contributed by atoms with van der Waals surface area (Å²) < 4.78 is 16.6. The van der Waals surface area contributed by atoms with E-state index in [0.717, 1.165) is 16.7 Å². The van der Waals surface area contributed by atoms with Crippen molar-refractivity contribution in [1.82, 2.24) is 0 Å². The monoisotopic (exact) mass is 342 g/mol. The summed E-state index contributed by atoms with van der Waals surface area (Å²) in [6.07, 6.45) is 0.460. The van der Waals surface area contributed by atoms with Crippen molar-refractivity contribution in [1.29, 1.82) is 0 Å². The van der Waals surface area contributed by atoms with Crippen molar-refractivity contribution in [3.8, 4) is 17.2 Å². The molecule has 5 nitrogen and oxygen atoms in total. The first-order chi connectivity index (χ1) is 12.0. The molecule has 0 bridgehead atoms. The molecule has 5 heteroatoms. The molecular weight excluding hydrogens is 320 g/mol. The number of benzene rings is 2. The van der Waals surface area contributed by atoms with Crippen LogP contribution in [0.15, 0.2) is 49.0 Å². The number of ether oxygens (including phenoxy) is 3. The predicted molar refractivity (Wildman–Crippen MR) is 96.2 cm³/mol. The maximum absolute atomic E-state index is 10.7. The van der Waals surface area contributed by atoms with Crippen LogP contribution in [-0.4, -0.2) is 25.3 Å². The van der Waals surface area contributed by atoms with Crippen molar-refractivity contribution in [2.75, 3.05) is 14.2 Å². The number of methoxy groups -OCH3 is 2. The average molecular weight is 342 g/mol. The lowest BCUT2D eigenvalue weighted by atomic mass is 10.0. The Morgan fingerprint density at radius 2 is 1.68 bits per heavy atom. The van der Waals surface area contributed by atoms with Gasteiger partial charge in [-0.05, 0) is 41.8 Å². The molecule has 0 saturated heterocycles. The van der Waals surface area contributed by atoms with Crippen LogP contribution in [0.3, 0.4) is 0 Å². The highest BCUT2D eigenvalue weighted by atomic mass is 16.5. The van der Waals surface area contributed by atoms with E-state index in [2.05, 4.69) is 6.58 Å². The largest absolute Gasteiger partial charge is 0.496 e. The van der Waals surface area contributed by atoms with Crippen molar-refractivity contribution in [2.24, 2.45) is 0 Å². The van der Waals surface area contributed by atoms with Gasteiger partial charge in [-0.15, -0.1) is 0 Å². The zero-order valence-electron chi connectivity index (χ0n) is 14.5. The summed E-state index contributed by atoms with van der Waals surface area (Å²) in [5.74, 6) is 1.22. The molecule has 0 unspecified atom stereocenters. The fourth-order valence-electron chi connectivity index (χ4n) is 2.43. The van der Waals surface area contributed by atoms with Gasteiger partial charge in [-0.1, -0.05) is 24.8 Å². The van der Waals surface area contributed by atoms with Crippen LogP contribution in [0.5, 0.6) is 17.2 Å². The Morgan fingerprint density at radius 1 is 1.04 bits per heavy atom. The second kappa shape index (κ2) is 8.78. The number of carbonyl (C=O) groups is 1. The highest BCUT2D eigenvalue weighted by Gasteiger charge is 2.11. The van der Waals surface area contributed by atoms with E-state index >= 15 is 0 Å². The third-order valence-electron chi connectivity index (χ3n) is 3.80. The highest BCUT2D eigenvalue weighted by molar-refractivity contribution is 5.72. The van der Waals surface area contributed by atoms with E-state index in [1.165, 1.54) is 0 Å². The molecule has 0 aliphatic rings. The van der Waals surface area contributed by atoms with Crippen LogP contribution < -0.4 is 14.2 Å². The van der Waals surface area contributed by atoms with Crippen LogP contribution in [0.2, 0.25) is 0 Å². The Labute approximate surface area is 147 Å². The van der Waals surface area contributed by atoms with Gasteiger partial charge in [0.2, 0.25) is 0 Å². The Morgan fingerprint density at radius 3 is 2.28 bits per heavy atom. The standard InChI is InChI=1S/C20H22O5/c1-14(10-11-20(21)22)15-6-4-7-16(12-15)25-13-17-18(23-2)8-5-9-19(17)24-3/h4-9,12H,1,10-11,13H2,2-3H3,(H,21,22). The third-order valence-corrected chi connectivity index (χ3v) is 3.80. The maximum Gasteiger partial charge on any atom is 0.303 e. The molecular formula is C20H22O5. The lowest BCUT2D eigenvalue weighted by Gasteiger charge is -2.14. The average Bonchev–Trinajstić information content (AvgIpc) is 2.64. The van der Waals surface area contributed by atoms with Crippen molar-refractivity contribution in [2.45, 2.75) is 19.4 Å². The molecule has 0 saturated carbocycles. The second-order valence-electron chi connectivity index (χ2n) is 5.45. The number of hydrogen-bond donors (Lipinski definition) is 1. The molecule has 0 spiro atoms. The molecule has 0 aromatic heterocycles. The molecule has 1 N–H and O–H groups in total. The van der Waals surface area contributed by atoms with Gasteiger partial charge in [0.05, 0.1) is 19.8 Å². The van der Waals surface area contributed by atoms with Gasteiger partial charge in [0.25, 0.3) is 0 Å². The number of carboxylic acids is 1. The van der Waals surface area contributed by atoms with Crippen LogP contribution in [-0.2, 0) is 11.4 Å². The van der Waals surface area contributed by atoms with Gasteiger partial charge in [0.1, 0.15) is 23.9 Å². The Kier molecular flexibility index (Phi) is 6.46. The van der Waals surface area contributed by atoms with Crippen molar-refractivity contribution >= 4 is 11.5 Å². The minimum absolute atomic E-state index is 0.0579. The summed E-state index contributed by atoms with van der Waals surface area (Å²) in [4.78, 5) is 10.7. The van der Waals surface area contributed by atoms with Gasteiger partial charge in [-0.25, -0.2) is 0 Å². The Hall–Kier alpha value is -2.95. The summed E-state index contributed by atoms with van der Waals surface area (Å²) in [7, 11) is 3.21. The molecule has 0 amide bonds. The number of aliphatic carboxylic acids is 1. The molecule has 0 atom stereocenters. The maximum atomic E-state index is 10.7. The van der Waals surface area contributed by atoms with Crippen LogP contribution >= 0.6 is 0 Å². The van der Waals surface area contributed by atoms with Crippen molar-refractivity contribution in [3.63, 3.8) is 0 Å². The lowest BCUT2D eigenvalue weighted by molar-refractivity contribution is -0.136. The predicted octanol–water partition coefficient (Wildman–Crippen LogP) is 4.16. The Balaban J connectivity index is 2.11. The van der Waals surface area contributed by atoms with Gasteiger partial charge in [0, 0.05) is 6.42 Å². The molecule has 0 aliphatic heterocycles. The molecule has 132 valence electrons. The molecule has 0 heterocycles. The van der Waals surface area contributed by atoms with E-state index in [4.69, 9.17) is 19.3 Å². The summed E-state index contributed by atoms with van der Waals surface area (Å²) in [6, 6.07) is 13.0. The Bertz CT molecular complexity index is 729. The number of carboxylic acid groups (broad SMARTS) is 1. The summed E-state index contributed by atoms with van der Waals surface area (Å²) in [5, 5.41) is 8.78. The molecule has 0 fully saturated rings. The third kappa shape index (κ3) is 5.01. The fourth-order valence-corrected chi connectivity index (χ4v) is 2.43. The van der Waals surface area contributed by atoms with Gasteiger partial charge in [-0.3, -0.25) is 4.79 Å². The first-order valence-electron chi connectivity index (χ1n) is 7.87. The quantitative estimate of drug-likeness (QED) is 0.741. The van der Waals surface area contributed by atoms with Crippen molar-refractivity contribution < 1.29 is 24.1 Å². The lowest BCUT2D eigenvalue weighted by Crippen LogP contribution is -2.02. The molecule has 0 radical (unpaired) electrons. The number of allylic oxidation sites excluding steroid dienone is 1. The summed E-state index contributed by atoms with van der Waals surface area (Å²) in [6.45, 7) is 4.24. The zero-order valence-corrected chi connectivity index (χ0v) is 14.5. The minimum atomic E-state index is -0.836. The number of hydrogen-bond acceptors (Lipinski definition) is 4. The normalized spacial score (nSPS) is 10.2. The fraction of sp³-hybridized carbons (Fsp3) is 0.250. The van der Waals surface area contributed by atoms with E-state index in [1.54, 1.807) is 14.2 Å². The van der Waals surface area contributed by atoms with E-state index < -0.39 is 5.97 Å². The summed E-state index contributed by atoms with van der Waals surface area (Å²) in [5.41, 5.74) is 2.45. The van der Waals surface area contributed by atoms with Gasteiger partial charge < -0.3 is 19.3 Å². The van der Waals surface area contributed by atoms with Gasteiger partial charge in [0.15, 0.2) is 0 Å². The smallest absolute Gasteiger partial charge is 0.303 e. The van der Waals surface area contributed by atoms with Crippen LogP contribution in [0.4, 0.5) is 0 Å². The summed E-state index contributed by atoms with van der Waals surface area (Å²) >= 11 is 0. The SMILES string of the molecule is C=C(CCC(=O)O)c1cccc(OCc2c(OC)cccc2OC)c1.